The van der Waals surface area contributed by atoms with Crippen molar-refractivity contribution < 1.29 is 4.42 Å². The minimum absolute atomic E-state index is 0.465. The minimum Gasteiger partial charge on any atom is -0.453 e. The highest BCUT2D eigenvalue weighted by atomic mass is 16.3. The Morgan fingerprint density at radius 1 is 0.328 bits per heavy atom. The van der Waals surface area contributed by atoms with Gasteiger partial charge in [-0.3, -0.25) is 0 Å². The topological polar surface area (TPSA) is 16.4 Å². The zero-order valence-corrected chi connectivity index (χ0v) is 33.2. The number of para-hydroxylation sites is 1. The second-order valence-corrected chi connectivity index (χ2v) is 16.3. The molecule has 0 fully saturated rings. The Morgan fingerprint density at radius 3 is 1.52 bits per heavy atom. The lowest BCUT2D eigenvalue weighted by molar-refractivity contribution is 0.670. The molecule has 0 saturated heterocycles. The van der Waals surface area contributed by atoms with Gasteiger partial charge in [-0.15, -0.1) is 0 Å². The Kier molecular flexibility index (Phi) is 7.26. The predicted molar refractivity (Wildman–Crippen MR) is 253 cm³/mol. The lowest BCUT2D eigenvalue weighted by Gasteiger charge is -2.32. The van der Waals surface area contributed by atoms with Gasteiger partial charge in [0.15, 0.2) is 5.58 Å². The number of benzene rings is 10. The van der Waals surface area contributed by atoms with Crippen molar-refractivity contribution in [2.24, 2.45) is 0 Å². The number of fused-ring (bicyclic) bond motifs is 15. The molecule has 2 nitrogen and oxygen atoms in total. The van der Waals surface area contributed by atoms with Gasteiger partial charge in [0.05, 0.1) is 11.1 Å². The van der Waals surface area contributed by atoms with E-state index in [1.165, 1.54) is 66.4 Å². The summed E-state index contributed by atoms with van der Waals surface area (Å²) in [5.74, 6) is 0. The molecule has 284 valence electrons. The van der Waals surface area contributed by atoms with Gasteiger partial charge in [0, 0.05) is 27.7 Å². The molecule has 1 spiro atoms. The van der Waals surface area contributed by atoms with E-state index in [4.69, 9.17) is 4.42 Å². The third-order valence-corrected chi connectivity index (χ3v) is 13.3. The summed E-state index contributed by atoms with van der Waals surface area (Å²) in [5.41, 5.74) is 19.4. The Labute approximate surface area is 354 Å². The van der Waals surface area contributed by atoms with E-state index in [0.717, 1.165) is 50.1 Å². The molecule has 0 aliphatic heterocycles. The molecule has 10 aromatic carbocycles. The highest BCUT2D eigenvalue weighted by Gasteiger charge is 2.51. The van der Waals surface area contributed by atoms with Crippen molar-refractivity contribution in [1.82, 2.24) is 0 Å². The number of anilines is 3. The molecule has 0 bridgehead atoms. The van der Waals surface area contributed by atoms with Gasteiger partial charge in [0.2, 0.25) is 0 Å². The second kappa shape index (κ2) is 13.0. The molecule has 0 radical (unpaired) electrons. The predicted octanol–water partition coefficient (Wildman–Crippen LogP) is 15.9. The van der Waals surface area contributed by atoms with Crippen LogP contribution in [0.4, 0.5) is 17.1 Å². The summed E-state index contributed by atoms with van der Waals surface area (Å²) in [6, 6.07) is 82.0. The lowest BCUT2D eigenvalue weighted by Crippen LogP contribution is -2.26. The van der Waals surface area contributed by atoms with Gasteiger partial charge < -0.3 is 9.32 Å². The summed E-state index contributed by atoms with van der Waals surface area (Å²) in [4.78, 5) is 2.41. The van der Waals surface area contributed by atoms with Crippen LogP contribution in [0.5, 0.6) is 0 Å². The average molecular weight is 776 g/mol. The van der Waals surface area contributed by atoms with Crippen LogP contribution in [0, 0.1) is 0 Å². The van der Waals surface area contributed by atoms with Crippen LogP contribution >= 0.6 is 0 Å². The van der Waals surface area contributed by atoms with Crippen molar-refractivity contribution in [2.75, 3.05) is 4.90 Å². The van der Waals surface area contributed by atoms with Crippen molar-refractivity contribution in [3.05, 3.63) is 247 Å². The highest BCUT2D eigenvalue weighted by Crippen LogP contribution is 2.63. The fourth-order valence-corrected chi connectivity index (χ4v) is 10.7. The molecule has 2 aliphatic carbocycles. The molecule has 2 heteroatoms. The molecule has 0 N–H and O–H groups in total. The molecule has 13 rings (SSSR count). The first-order chi connectivity index (χ1) is 30.3. The maximum absolute atomic E-state index is 7.28. The van der Waals surface area contributed by atoms with Crippen LogP contribution in [-0.2, 0) is 5.41 Å². The first-order valence-corrected chi connectivity index (χ1v) is 21.1. The fourth-order valence-electron chi connectivity index (χ4n) is 10.7. The maximum atomic E-state index is 7.28. The summed E-state index contributed by atoms with van der Waals surface area (Å²) in [7, 11) is 0. The quantitative estimate of drug-likeness (QED) is 0.173. The van der Waals surface area contributed by atoms with Crippen LogP contribution in [0.15, 0.2) is 229 Å². The fraction of sp³-hybridized carbons (Fsp3) is 0.0169. The van der Waals surface area contributed by atoms with E-state index in [2.05, 4.69) is 229 Å². The minimum atomic E-state index is -0.465. The Morgan fingerprint density at radius 2 is 0.852 bits per heavy atom. The van der Waals surface area contributed by atoms with Gasteiger partial charge in [-0.2, -0.15) is 0 Å². The van der Waals surface area contributed by atoms with Crippen molar-refractivity contribution in [3.8, 4) is 44.5 Å². The zero-order chi connectivity index (χ0) is 40.1. The van der Waals surface area contributed by atoms with Crippen LogP contribution in [0.3, 0.4) is 0 Å². The van der Waals surface area contributed by atoms with Crippen LogP contribution in [0.1, 0.15) is 22.3 Å². The number of furan rings is 1. The summed E-state index contributed by atoms with van der Waals surface area (Å²) < 4.78 is 7.28. The van der Waals surface area contributed by atoms with Gasteiger partial charge in [0.25, 0.3) is 0 Å². The third-order valence-electron chi connectivity index (χ3n) is 13.3. The zero-order valence-electron chi connectivity index (χ0n) is 33.2. The van der Waals surface area contributed by atoms with Crippen molar-refractivity contribution >= 4 is 49.8 Å². The van der Waals surface area contributed by atoms with Crippen molar-refractivity contribution in [2.45, 2.75) is 5.41 Å². The van der Waals surface area contributed by atoms with E-state index >= 15 is 0 Å². The first-order valence-electron chi connectivity index (χ1n) is 21.1. The molecule has 1 heterocycles. The highest BCUT2D eigenvalue weighted by molar-refractivity contribution is 6.24. The summed E-state index contributed by atoms with van der Waals surface area (Å²) in [6.07, 6.45) is 0. The Hall–Kier alpha value is -7.94. The second-order valence-electron chi connectivity index (χ2n) is 16.3. The molecule has 2 aliphatic rings. The molecule has 0 saturated carbocycles. The summed E-state index contributed by atoms with van der Waals surface area (Å²) in [6.45, 7) is 0. The van der Waals surface area contributed by atoms with Gasteiger partial charge in [-0.05, 0) is 108 Å². The molecule has 11 aromatic rings. The van der Waals surface area contributed by atoms with Crippen LogP contribution in [0.25, 0.3) is 77.2 Å². The smallest absolute Gasteiger partial charge is 0.159 e. The van der Waals surface area contributed by atoms with E-state index in [-0.39, 0.29) is 0 Å². The molecule has 0 amide bonds. The van der Waals surface area contributed by atoms with Crippen molar-refractivity contribution in [3.63, 3.8) is 0 Å². The normalized spacial score (nSPS) is 13.0. The van der Waals surface area contributed by atoms with Gasteiger partial charge in [0.1, 0.15) is 5.58 Å². The van der Waals surface area contributed by atoms with Gasteiger partial charge in [-0.25, -0.2) is 0 Å². The van der Waals surface area contributed by atoms with E-state index in [9.17, 15) is 0 Å². The molecule has 0 unspecified atom stereocenters. The number of hydrogen-bond acceptors (Lipinski definition) is 2. The van der Waals surface area contributed by atoms with Crippen molar-refractivity contribution in [1.29, 1.82) is 0 Å². The maximum Gasteiger partial charge on any atom is 0.159 e. The molecular formula is C59H37NO. The Bertz CT molecular complexity index is 3460. The van der Waals surface area contributed by atoms with Crippen LogP contribution in [-0.4, -0.2) is 0 Å². The standard InChI is InChI=1S/C59H37NO/c1-3-16-38(17-4-1)39-30-32-42(33-31-39)60(55-29-15-25-49-56-44-21-8-7-20-41(44)36-50(58(56)61-57(49)55)40-18-5-2-6-19-40)43-34-35-48-47-24-11-14-28-53(47)59(54(48)37-43)51-26-12-9-22-45(51)46-23-10-13-27-52(46)59/h1-37H. The van der Waals surface area contributed by atoms with E-state index in [1.54, 1.807) is 0 Å². The SMILES string of the molecule is c1ccc(-c2ccc(N(c3ccc4c(c3)C3(c5ccccc5-c5ccccc53)c3ccccc3-4)c3cccc4c3oc3c(-c5ccccc5)cc5ccccc5c34)cc2)cc1. The van der Waals surface area contributed by atoms with Gasteiger partial charge >= 0.3 is 0 Å². The number of rotatable bonds is 5. The monoisotopic (exact) mass is 775 g/mol. The van der Waals surface area contributed by atoms with E-state index < -0.39 is 5.41 Å². The lowest BCUT2D eigenvalue weighted by atomic mass is 9.70. The number of nitrogens with zero attached hydrogens (tertiary/aromatic N) is 1. The first kappa shape index (κ1) is 34.0. The average Bonchev–Trinajstić information content (AvgIpc) is 3.97. The van der Waals surface area contributed by atoms with Crippen LogP contribution in [0.2, 0.25) is 0 Å². The molecular weight excluding hydrogens is 739 g/mol. The third kappa shape index (κ3) is 4.79. The van der Waals surface area contributed by atoms with E-state index in [1.807, 2.05) is 0 Å². The summed E-state index contributed by atoms with van der Waals surface area (Å²) in [5, 5.41) is 4.60. The molecule has 61 heavy (non-hydrogen) atoms. The molecule has 1 aromatic heterocycles. The molecule has 0 atom stereocenters. The van der Waals surface area contributed by atoms with Crippen LogP contribution < -0.4 is 4.90 Å². The summed E-state index contributed by atoms with van der Waals surface area (Å²) >= 11 is 0. The Balaban J connectivity index is 1.10. The largest absolute Gasteiger partial charge is 0.453 e. The van der Waals surface area contributed by atoms with Gasteiger partial charge in [-0.1, -0.05) is 188 Å². The number of hydrogen-bond donors (Lipinski definition) is 0. The van der Waals surface area contributed by atoms with E-state index in [0.29, 0.717) is 0 Å².